The van der Waals surface area contributed by atoms with E-state index in [-0.39, 0.29) is 17.9 Å². The van der Waals surface area contributed by atoms with E-state index in [1.807, 2.05) is 49.2 Å². The number of halogens is 3. The Morgan fingerprint density at radius 1 is 1.15 bits per heavy atom. The van der Waals surface area contributed by atoms with Crippen molar-refractivity contribution in [1.82, 2.24) is 19.7 Å². The van der Waals surface area contributed by atoms with Crippen molar-refractivity contribution in [2.45, 2.75) is 58.7 Å². The highest BCUT2D eigenvalue weighted by molar-refractivity contribution is 5.98. The number of pyridine rings is 1. The van der Waals surface area contributed by atoms with Crippen LogP contribution in [0.4, 0.5) is 13.2 Å². The fourth-order valence-corrected chi connectivity index (χ4v) is 4.70. The number of alkyl halides is 3. The predicted molar refractivity (Wildman–Crippen MR) is 124 cm³/mol. The standard InChI is InChI=1S/C26H29F3N4O/c1-17-6-10-24(33-14-12-19(3)31-33)22(15-17)25(34)32-13-4-5-18(2)23(32)11-9-21-8-7-20(16-30-21)26(27,28)29/h6-8,10,12,14-16,18,23H,4-5,9,11,13H2,1-3H3/t18-,23-/m1/s1. The number of rotatable bonds is 5. The van der Waals surface area contributed by atoms with Crippen LogP contribution in [0.2, 0.25) is 0 Å². The van der Waals surface area contributed by atoms with Gasteiger partial charge in [-0.05, 0) is 75.8 Å². The SMILES string of the molecule is Cc1ccc(-n2ccc(C)n2)c(C(=O)N2CCC[C@@H](C)[C@H]2CCc2ccc(C(F)(F)F)cn2)c1. The fraction of sp³-hybridized carbons (Fsp3) is 0.423. The molecule has 1 aliphatic rings. The first-order valence-electron chi connectivity index (χ1n) is 11.6. The molecule has 1 fully saturated rings. The normalized spacial score (nSPS) is 18.8. The molecule has 34 heavy (non-hydrogen) atoms. The molecule has 0 aliphatic carbocycles. The topological polar surface area (TPSA) is 51.0 Å². The zero-order valence-corrected chi connectivity index (χ0v) is 19.6. The Hall–Kier alpha value is -3.16. The molecule has 3 heterocycles. The second kappa shape index (κ2) is 9.60. The number of piperidine rings is 1. The molecule has 8 heteroatoms. The van der Waals surface area contributed by atoms with Crippen LogP contribution in [0.1, 0.15) is 59.1 Å². The number of hydrogen-bond acceptors (Lipinski definition) is 3. The Morgan fingerprint density at radius 2 is 1.94 bits per heavy atom. The van der Waals surface area contributed by atoms with Crippen molar-refractivity contribution in [2.75, 3.05) is 6.54 Å². The molecule has 0 radical (unpaired) electrons. The number of aromatic nitrogens is 3. The summed E-state index contributed by atoms with van der Waals surface area (Å²) in [5, 5.41) is 4.49. The van der Waals surface area contributed by atoms with Gasteiger partial charge in [0.05, 0.1) is 22.5 Å². The molecule has 1 amide bonds. The van der Waals surface area contributed by atoms with Crippen molar-refractivity contribution in [3.8, 4) is 5.69 Å². The summed E-state index contributed by atoms with van der Waals surface area (Å²) in [6.07, 6.45) is 1.42. The van der Waals surface area contributed by atoms with Crippen LogP contribution in [-0.2, 0) is 12.6 Å². The molecule has 3 aromatic rings. The van der Waals surface area contributed by atoms with Gasteiger partial charge in [-0.1, -0.05) is 18.6 Å². The van der Waals surface area contributed by atoms with Gasteiger partial charge in [0.25, 0.3) is 5.91 Å². The lowest BCUT2D eigenvalue weighted by Crippen LogP contribution is -2.48. The molecule has 0 unspecified atom stereocenters. The van der Waals surface area contributed by atoms with Gasteiger partial charge in [0.15, 0.2) is 0 Å². The number of hydrogen-bond donors (Lipinski definition) is 0. The van der Waals surface area contributed by atoms with E-state index in [1.54, 1.807) is 4.68 Å². The molecule has 180 valence electrons. The molecule has 2 atom stereocenters. The largest absolute Gasteiger partial charge is 0.417 e. The van der Waals surface area contributed by atoms with Gasteiger partial charge in [-0.2, -0.15) is 18.3 Å². The van der Waals surface area contributed by atoms with Crippen LogP contribution in [0.5, 0.6) is 0 Å². The monoisotopic (exact) mass is 470 g/mol. The summed E-state index contributed by atoms with van der Waals surface area (Å²) >= 11 is 0. The number of aryl methyl sites for hydroxylation is 3. The first-order valence-corrected chi connectivity index (χ1v) is 11.6. The molecular weight excluding hydrogens is 441 g/mol. The number of amides is 1. The highest BCUT2D eigenvalue weighted by Gasteiger charge is 2.34. The molecule has 0 saturated carbocycles. The molecule has 4 rings (SSSR count). The van der Waals surface area contributed by atoms with Gasteiger partial charge in [0.1, 0.15) is 0 Å². The minimum absolute atomic E-state index is 0.0157. The molecule has 0 N–H and O–H groups in total. The van der Waals surface area contributed by atoms with Crippen LogP contribution in [0.3, 0.4) is 0 Å². The number of carbonyl (C=O) groups excluding carboxylic acids is 1. The molecule has 1 aliphatic heterocycles. The third kappa shape index (κ3) is 5.16. The van der Waals surface area contributed by atoms with E-state index in [4.69, 9.17) is 0 Å². The van der Waals surface area contributed by atoms with Crippen molar-refractivity contribution < 1.29 is 18.0 Å². The Bertz CT molecular complexity index is 1150. The Labute approximate surface area is 197 Å². The van der Waals surface area contributed by atoms with Crippen LogP contribution in [-0.4, -0.2) is 38.2 Å². The van der Waals surface area contributed by atoms with E-state index in [9.17, 15) is 18.0 Å². The molecule has 1 saturated heterocycles. The second-order valence-electron chi connectivity index (χ2n) is 9.18. The first-order chi connectivity index (χ1) is 16.1. The predicted octanol–water partition coefficient (Wildman–Crippen LogP) is 5.78. The van der Waals surface area contributed by atoms with Crippen LogP contribution < -0.4 is 0 Å². The number of nitrogens with zero attached hydrogens (tertiary/aromatic N) is 4. The maximum absolute atomic E-state index is 13.8. The highest BCUT2D eigenvalue weighted by atomic mass is 19.4. The lowest BCUT2D eigenvalue weighted by atomic mass is 9.86. The lowest BCUT2D eigenvalue weighted by molar-refractivity contribution is -0.137. The van der Waals surface area contributed by atoms with Crippen molar-refractivity contribution in [2.24, 2.45) is 5.92 Å². The number of likely N-dealkylation sites (tertiary alicyclic amines) is 1. The number of carbonyl (C=O) groups is 1. The summed E-state index contributed by atoms with van der Waals surface area (Å²) in [4.78, 5) is 19.8. The van der Waals surface area contributed by atoms with Crippen LogP contribution in [0.25, 0.3) is 5.69 Å². The third-order valence-electron chi connectivity index (χ3n) is 6.58. The van der Waals surface area contributed by atoms with E-state index in [0.717, 1.165) is 42.0 Å². The van der Waals surface area contributed by atoms with Crippen molar-refractivity contribution in [3.05, 3.63) is 76.9 Å². The Kier molecular flexibility index (Phi) is 6.77. The lowest BCUT2D eigenvalue weighted by Gasteiger charge is -2.40. The molecule has 0 bridgehead atoms. The van der Waals surface area contributed by atoms with E-state index in [0.29, 0.717) is 30.6 Å². The molecular formula is C26H29F3N4O. The maximum atomic E-state index is 13.8. The van der Waals surface area contributed by atoms with E-state index < -0.39 is 11.7 Å². The van der Waals surface area contributed by atoms with Gasteiger partial charge in [-0.3, -0.25) is 9.78 Å². The van der Waals surface area contributed by atoms with Crippen molar-refractivity contribution in [1.29, 1.82) is 0 Å². The third-order valence-corrected chi connectivity index (χ3v) is 6.58. The molecule has 5 nitrogen and oxygen atoms in total. The van der Waals surface area contributed by atoms with Crippen LogP contribution in [0, 0.1) is 19.8 Å². The van der Waals surface area contributed by atoms with E-state index in [1.165, 1.54) is 6.07 Å². The Morgan fingerprint density at radius 3 is 2.59 bits per heavy atom. The van der Waals surface area contributed by atoms with Gasteiger partial charge >= 0.3 is 6.18 Å². The van der Waals surface area contributed by atoms with Gasteiger partial charge in [0.2, 0.25) is 0 Å². The van der Waals surface area contributed by atoms with E-state index >= 15 is 0 Å². The van der Waals surface area contributed by atoms with Crippen LogP contribution in [0.15, 0.2) is 48.8 Å². The smallest absolute Gasteiger partial charge is 0.335 e. The summed E-state index contributed by atoms with van der Waals surface area (Å²) in [5.74, 6) is 0.246. The Balaban J connectivity index is 1.57. The highest BCUT2D eigenvalue weighted by Crippen LogP contribution is 2.31. The zero-order valence-electron chi connectivity index (χ0n) is 19.6. The van der Waals surface area contributed by atoms with Gasteiger partial charge in [-0.15, -0.1) is 0 Å². The minimum atomic E-state index is -4.40. The quantitative estimate of drug-likeness (QED) is 0.475. The average molecular weight is 471 g/mol. The number of benzene rings is 1. The summed E-state index contributed by atoms with van der Waals surface area (Å²) in [6, 6.07) is 10.2. The maximum Gasteiger partial charge on any atom is 0.417 e. The van der Waals surface area contributed by atoms with Gasteiger partial charge in [0, 0.05) is 30.7 Å². The van der Waals surface area contributed by atoms with Crippen LogP contribution >= 0.6 is 0 Å². The molecule has 2 aromatic heterocycles. The van der Waals surface area contributed by atoms with Crippen molar-refractivity contribution in [3.63, 3.8) is 0 Å². The van der Waals surface area contributed by atoms with Gasteiger partial charge < -0.3 is 4.90 Å². The average Bonchev–Trinajstić information content (AvgIpc) is 3.23. The fourth-order valence-electron chi connectivity index (χ4n) is 4.70. The summed E-state index contributed by atoms with van der Waals surface area (Å²) in [5.41, 5.74) is 3.06. The summed E-state index contributed by atoms with van der Waals surface area (Å²) in [7, 11) is 0. The first kappa shape index (κ1) is 24.0. The van der Waals surface area contributed by atoms with Crippen molar-refractivity contribution >= 4 is 5.91 Å². The summed E-state index contributed by atoms with van der Waals surface area (Å²) in [6.45, 7) is 6.66. The van der Waals surface area contributed by atoms with Gasteiger partial charge in [-0.25, -0.2) is 4.68 Å². The molecule has 1 aromatic carbocycles. The summed E-state index contributed by atoms with van der Waals surface area (Å²) < 4.78 is 40.3. The minimum Gasteiger partial charge on any atom is -0.335 e. The zero-order chi connectivity index (χ0) is 24.5. The second-order valence-corrected chi connectivity index (χ2v) is 9.18. The molecule has 0 spiro atoms. The van der Waals surface area contributed by atoms with E-state index in [2.05, 4.69) is 17.0 Å².